The number of hydrogen-bond donors (Lipinski definition) is 3. The van der Waals surface area contributed by atoms with E-state index < -0.39 is 51.2 Å². The van der Waals surface area contributed by atoms with Crippen LogP contribution in [-0.4, -0.2) is 49.2 Å². The number of alkyl halides is 1. The van der Waals surface area contributed by atoms with E-state index in [9.17, 15) is 26.0 Å². The molecule has 3 aromatic rings. The summed E-state index contributed by atoms with van der Waals surface area (Å²) >= 11 is 0. The maximum Gasteiger partial charge on any atom is 0.228 e. The van der Waals surface area contributed by atoms with Crippen LogP contribution in [0.3, 0.4) is 0 Å². The van der Waals surface area contributed by atoms with Crippen molar-refractivity contribution >= 4 is 16.0 Å². The van der Waals surface area contributed by atoms with Crippen LogP contribution in [0, 0.1) is 23.4 Å². The van der Waals surface area contributed by atoms with Crippen molar-refractivity contribution in [1.29, 1.82) is 0 Å². The van der Waals surface area contributed by atoms with Gasteiger partial charge in [0.15, 0.2) is 11.6 Å². The van der Waals surface area contributed by atoms with Gasteiger partial charge in [-0.1, -0.05) is 0 Å². The largest absolute Gasteiger partial charge is 0.435 e. The first kappa shape index (κ1) is 25.7. The number of nitrogens with zero attached hydrogens (tertiary/aromatic N) is 3. The van der Waals surface area contributed by atoms with Crippen LogP contribution in [0.4, 0.5) is 23.5 Å². The summed E-state index contributed by atoms with van der Waals surface area (Å²) in [4.78, 5) is 12.6. The number of nitrogens with two attached hydrogens (primary N) is 1. The van der Waals surface area contributed by atoms with Gasteiger partial charge in [-0.2, -0.15) is 4.39 Å². The fourth-order valence-electron chi connectivity index (χ4n) is 3.81. The lowest BCUT2D eigenvalue weighted by molar-refractivity contribution is 0.282. The van der Waals surface area contributed by atoms with Gasteiger partial charge in [-0.25, -0.2) is 37.3 Å². The summed E-state index contributed by atoms with van der Waals surface area (Å²) in [6.07, 6.45) is 3.38. The number of piperidine rings is 1. The molecule has 3 heterocycles. The molecule has 4 rings (SSSR count). The number of sulfonamides is 1. The van der Waals surface area contributed by atoms with Gasteiger partial charge in [0.1, 0.15) is 5.82 Å². The standard InChI is InChI=1S/C22H22F4N6O3S/c23-8-12-6-13(10-28-9-12)31-22-30-5-3-17(32-22)14-2-1-4-29-21(14)35-18-7-16(24)15(11-36(27,33)34)19(25)20(18)26/h1-5,7,12-13,28H,6,8-11H2,(H2,27,33,34)(H,30,31,32). The summed E-state index contributed by atoms with van der Waals surface area (Å²) in [5.74, 6) is -6.85. The van der Waals surface area contributed by atoms with Crippen LogP contribution in [0.1, 0.15) is 12.0 Å². The van der Waals surface area contributed by atoms with Crippen molar-refractivity contribution in [1.82, 2.24) is 20.3 Å². The molecule has 4 N–H and O–H groups in total. The third-order valence-corrected chi connectivity index (χ3v) is 6.16. The Morgan fingerprint density at radius 2 is 1.94 bits per heavy atom. The van der Waals surface area contributed by atoms with Crippen molar-refractivity contribution in [2.24, 2.45) is 11.1 Å². The summed E-state index contributed by atoms with van der Waals surface area (Å²) < 4.78 is 84.3. The molecule has 14 heteroatoms. The molecule has 1 saturated heterocycles. The van der Waals surface area contributed by atoms with E-state index in [4.69, 9.17) is 9.88 Å². The molecule has 1 fully saturated rings. The third-order valence-electron chi connectivity index (χ3n) is 5.47. The SMILES string of the molecule is NS(=O)(=O)Cc1c(F)cc(Oc2ncccc2-c2ccnc(NC3CNCC(CF)C3)n2)c(F)c1F. The smallest absolute Gasteiger partial charge is 0.228 e. The van der Waals surface area contributed by atoms with Crippen molar-refractivity contribution < 1.29 is 30.7 Å². The zero-order valence-corrected chi connectivity index (χ0v) is 19.5. The van der Waals surface area contributed by atoms with E-state index in [2.05, 4.69) is 25.6 Å². The molecule has 0 bridgehead atoms. The Morgan fingerprint density at radius 3 is 2.69 bits per heavy atom. The monoisotopic (exact) mass is 526 g/mol. The Balaban J connectivity index is 1.61. The molecule has 2 aromatic heterocycles. The number of halogens is 4. The van der Waals surface area contributed by atoms with E-state index in [1.807, 2.05) is 0 Å². The Kier molecular flexibility index (Phi) is 7.66. The second-order valence-electron chi connectivity index (χ2n) is 8.25. The highest BCUT2D eigenvalue weighted by Gasteiger charge is 2.25. The summed E-state index contributed by atoms with van der Waals surface area (Å²) in [5, 5.41) is 11.1. The lowest BCUT2D eigenvalue weighted by Crippen LogP contribution is -2.44. The minimum Gasteiger partial charge on any atom is -0.435 e. The van der Waals surface area contributed by atoms with Gasteiger partial charge < -0.3 is 15.4 Å². The van der Waals surface area contributed by atoms with Crippen molar-refractivity contribution in [2.45, 2.75) is 18.2 Å². The number of ether oxygens (including phenoxy) is 1. The lowest BCUT2D eigenvalue weighted by atomic mass is 9.97. The second-order valence-corrected chi connectivity index (χ2v) is 9.86. The molecule has 2 atom stereocenters. The molecule has 1 aliphatic heterocycles. The van der Waals surface area contributed by atoms with Crippen LogP contribution in [0.2, 0.25) is 0 Å². The first-order valence-corrected chi connectivity index (χ1v) is 12.5. The highest BCUT2D eigenvalue weighted by molar-refractivity contribution is 7.88. The van der Waals surface area contributed by atoms with Crippen molar-refractivity contribution in [3.05, 3.63) is 59.7 Å². The van der Waals surface area contributed by atoms with Gasteiger partial charge in [-0.3, -0.25) is 4.39 Å². The highest BCUT2D eigenvalue weighted by Crippen LogP contribution is 2.34. The van der Waals surface area contributed by atoms with Crippen LogP contribution in [0.5, 0.6) is 11.6 Å². The van der Waals surface area contributed by atoms with Crippen LogP contribution < -0.4 is 20.5 Å². The van der Waals surface area contributed by atoms with Gasteiger partial charge in [0.2, 0.25) is 27.7 Å². The minimum atomic E-state index is -4.32. The first-order chi connectivity index (χ1) is 17.1. The Labute approximate surface area is 204 Å². The van der Waals surface area contributed by atoms with Crippen LogP contribution in [0.15, 0.2) is 36.7 Å². The molecule has 0 aliphatic carbocycles. The topological polar surface area (TPSA) is 132 Å². The van der Waals surface area contributed by atoms with Gasteiger partial charge in [0, 0.05) is 49.1 Å². The number of hydrogen-bond acceptors (Lipinski definition) is 8. The fourth-order valence-corrected chi connectivity index (χ4v) is 4.48. The molecule has 0 spiro atoms. The average molecular weight is 527 g/mol. The quantitative estimate of drug-likeness (QED) is 0.302. The van der Waals surface area contributed by atoms with Gasteiger partial charge in [0.05, 0.1) is 23.7 Å². The van der Waals surface area contributed by atoms with Crippen molar-refractivity contribution in [3.63, 3.8) is 0 Å². The molecule has 9 nitrogen and oxygen atoms in total. The number of primary sulfonamides is 1. The number of aromatic nitrogens is 3. The number of pyridine rings is 1. The maximum absolute atomic E-state index is 14.6. The number of anilines is 1. The van der Waals surface area contributed by atoms with E-state index in [1.165, 1.54) is 18.5 Å². The second kappa shape index (κ2) is 10.7. The molecular weight excluding hydrogens is 504 g/mol. The van der Waals surface area contributed by atoms with Crippen LogP contribution >= 0.6 is 0 Å². The first-order valence-electron chi connectivity index (χ1n) is 10.8. The molecule has 2 unspecified atom stereocenters. The van der Waals surface area contributed by atoms with Crippen molar-refractivity contribution in [3.8, 4) is 22.9 Å². The Morgan fingerprint density at radius 1 is 1.14 bits per heavy atom. The van der Waals surface area contributed by atoms with Crippen LogP contribution in [-0.2, 0) is 15.8 Å². The lowest BCUT2D eigenvalue weighted by Gasteiger charge is -2.29. The summed E-state index contributed by atoms with van der Waals surface area (Å²) in [5.41, 5.74) is -0.462. The molecule has 1 aromatic carbocycles. The molecule has 0 amide bonds. The highest BCUT2D eigenvalue weighted by atomic mass is 32.2. The zero-order valence-electron chi connectivity index (χ0n) is 18.7. The molecule has 192 valence electrons. The van der Waals surface area contributed by atoms with Gasteiger partial charge in [0.25, 0.3) is 0 Å². The number of rotatable bonds is 8. The predicted octanol–water partition coefficient (Wildman–Crippen LogP) is 2.90. The number of benzene rings is 1. The van der Waals surface area contributed by atoms with Crippen LogP contribution in [0.25, 0.3) is 11.3 Å². The Bertz CT molecular complexity index is 1360. The van der Waals surface area contributed by atoms with E-state index in [-0.39, 0.29) is 29.4 Å². The van der Waals surface area contributed by atoms with Gasteiger partial charge >= 0.3 is 0 Å². The minimum absolute atomic E-state index is 0.102. The van der Waals surface area contributed by atoms with E-state index in [0.29, 0.717) is 31.3 Å². The Hall–Kier alpha value is -3.36. The summed E-state index contributed by atoms with van der Waals surface area (Å²) in [6, 6.07) is 5.05. The third kappa shape index (κ3) is 6.06. The van der Waals surface area contributed by atoms with E-state index >= 15 is 0 Å². The number of nitrogens with one attached hydrogen (secondary N) is 2. The molecule has 1 aliphatic rings. The molecular formula is C22H22F4N6O3S. The maximum atomic E-state index is 14.6. The zero-order chi connectivity index (χ0) is 25.9. The van der Waals surface area contributed by atoms with Gasteiger partial charge in [-0.15, -0.1) is 0 Å². The fraction of sp³-hybridized carbons (Fsp3) is 0.318. The summed E-state index contributed by atoms with van der Waals surface area (Å²) in [6.45, 7) is 0.749. The van der Waals surface area contributed by atoms with E-state index in [0.717, 1.165) is 0 Å². The normalized spacial score (nSPS) is 18.1. The van der Waals surface area contributed by atoms with E-state index in [1.54, 1.807) is 12.1 Å². The van der Waals surface area contributed by atoms with Crippen molar-refractivity contribution in [2.75, 3.05) is 25.1 Å². The van der Waals surface area contributed by atoms with Gasteiger partial charge in [-0.05, 0) is 24.6 Å². The average Bonchev–Trinajstić information content (AvgIpc) is 2.85. The molecule has 0 radical (unpaired) electrons. The molecule has 36 heavy (non-hydrogen) atoms. The predicted molar refractivity (Wildman–Crippen MR) is 123 cm³/mol. The molecule has 0 saturated carbocycles. The summed E-state index contributed by atoms with van der Waals surface area (Å²) in [7, 11) is -4.32.